The molecule has 2 atom stereocenters. The molecular weight excluding hydrogens is 264 g/mol. The Balaban J connectivity index is 1.75. The van der Waals surface area contributed by atoms with Crippen molar-refractivity contribution in [3.05, 3.63) is 23.2 Å². The molecule has 2 fully saturated rings. The van der Waals surface area contributed by atoms with Crippen LogP contribution in [0, 0.1) is 0 Å². The molecule has 102 valence electrons. The second-order valence-electron chi connectivity index (χ2n) is 5.31. The number of likely N-dealkylation sites (tertiary alicyclic amines) is 1. The molecule has 0 aliphatic carbocycles. The number of hydrogen-bond donors (Lipinski definition) is 0. The highest BCUT2D eigenvalue weighted by Crippen LogP contribution is 2.28. The van der Waals surface area contributed by atoms with Crippen molar-refractivity contribution in [2.45, 2.75) is 31.3 Å². The number of carbonyl (C=O) groups is 1. The maximum absolute atomic E-state index is 12.4. The number of hydrogen-bond acceptors (Lipinski definition) is 4. The van der Waals surface area contributed by atoms with Crippen molar-refractivity contribution in [3.8, 4) is 0 Å². The molecule has 6 heteroatoms. The lowest BCUT2D eigenvalue weighted by Crippen LogP contribution is -2.40. The van der Waals surface area contributed by atoms with Crippen LogP contribution in [0.1, 0.15) is 29.8 Å². The summed E-state index contributed by atoms with van der Waals surface area (Å²) in [5, 5.41) is 0.311. The van der Waals surface area contributed by atoms with Gasteiger partial charge in [0.1, 0.15) is 10.8 Å². The van der Waals surface area contributed by atoms with Crippen LogP contribution < -0.4 is 0 Å². The molecule has 0 spiro atoms. The van der Waals surface area contributed by atoms with Gasteiger partial charge in [0.25, 0.3) is 5.91 Å². The van der Waals surface area contributed by atoms with Crippen LogP contribution in [0.5, 0.6) is 0 Å². The van der Waals surface area contributed by atoms with Gasteiger partial charge in [-0.2, -0.15) is 0 Å². The van der Waals surface area contributed by atoms with Crippen molar-refractivity contribution in [1.29, 1.82) is 0 Å². The monoisotopic (exact) mass is 280 g/mol. The van der Waals surface area contributed by atoms with E-state index in [0.717, 1.165) is 19.5 Å². The summed E-state index contributed by atoms with van der Waals surface area (Å²) in [6.45, 7) is 1.59. The molecule has 1 amide bonds. The fraction of sp³-hybridized carbons (Fsp3) is 0.615. The third kappa shape index (κ3) is 2.44. The van der Waals surface area contributed by atoms with Gasteiger partial charge in [0, 0.05) is 25.2 Å². The van der Waals surface area contributed by atoms with Crippen LogP contribution in [-0.4, -0.2) is 57.9 Å². The molecule has 19 heavy (non-hydrogen) atoms. The first-order valence-electron chi connectivity index (χ1n) is 6.64. The summed E-state index contributed by atoms with van der Waals surface area (Å²) in [7, 11) is 2.17. The molecule has 2 aliphatic heterocycles. The quantitative estimate of drug-likeness (QED) is 0.781. The van der Waals surface area contributed by atoms with Gasteiger partial charge >= 0.3 is 0 Å². The molecule has 2 aliphatic rings. The number of carbonyl (C=O) groups excluding carboxylic acids is 1. The van der Waals surface area contributed by atoms with Gasteiger partial charge in [-0.05, 0) is 26.3 Å². The lowest BCUT2D eigenvalue weighted by atomic mass is 10.1. The normalized spacial score (nSPS) is 27.4. The van der Waals surface area contributed by atoms with E-state index in [0.29, 0.717) is 22.9 Å². The zero-order valence-electron chi connectivity index (χ0n) is 10.9. The van der Waals surface area contributed by atoms with E-state index >= 15 is 0 Å². The van der Waals surface area contributed by atoms with Crippen molar-refractivity contribution in [3.63, 3.8) is 0 Å². The molecular formula is C13H17ClN4O. The SMILES string of the molecule is CN1C2CCC1CN(C(=O)c1cnc(Cl)cn1)CC2. The molecule has 0 aromatic carbocycles. The Morgan fingerprint density at radius 2 is 2.05 bits per heavy atom. The van der Waals surface area contributed by atoms with Crippen molar-refractivity contribution < 1.29 is 4.79 Å². The first kappa shape index (κ1) is 12.8. The van der Waals surface area contributed by atoms with Gasteiger partial charge in [-0.25, -0.2) is 9.97 Å². The minimum atomic E-state index is -0.0369. The summed E-state index contributed by atoms with van der Waals surface area (Å²) in [5.41, 5.74) is 0.379. The van der Waals surface area contributed by atoms with Gasteiger partial charge in [0.2, 0.25) is 0 Å². The smallest absolute Gasteiger partial charge is 0.274 e. The topological polar surface area (TPSA) is 49.3 Å². The van der Waals surface area contributed by atoms with E-state index in [1.165, 1.54) is 25.2 Å². The average molecular weight is 281 g/mol. The summed E-state index contributed by atoms with van der Waals surface area (Å²) in [6, 6.07) is 1.11. The lowest BCUT2D eigenvalue weighted by Gasteiger charge is -2.25. The third-order valence-electron chi connectivity index (χ3n) is 4.28. The number of amides is 1. The highest BCUT2D eigenvalue weighted by atomic mass is 35.5. The standard InChI is InChI=1S/C13H17ClN4O/c1-17-9-2-3-10(17)8-18(5-4-9)13(19)11-6-16-12(14)7-15-11/h6-7,9-10H,2-5,8H2,1H3. The first-order chi connectivity index (χ1) is 9.15. The highest BCUT2D eigenvalue weighted by Gasteiger charge is 2.36. The Kier molecular flexibility index (Phi) is 3.41. The lowest BCUT2D eigenvalue weighted by molar-refractivity contribution is 0.0734. The number of likely N-dealkylation sites (N-methyl/N-ethyl adjacent to an activating group) is 1. The molecule has 0 radical (unpaired) electrons. The Labute approximate surface area is 117 Å². The predicted octanol–water partition coefficient (Wildman–Crippen LogP) is 1.44. The maximum atomic E-state index is 12.4. The summed E-state index contributed by atoms with van der Waals surface area (Å²) in [5.74, 6) is -0.0369. The number of fused-ring (bicyclic) bond motifs is 2. The highest BCUT2D eigenvalue weighted by molar-refractivity contribution is 6.29. The molecule has 0 saturated carbocycles. The molecule has 1 aromatic heterocycles. The Morgan fingerprint density at radius 3 is 2.79 bits per heavy atom. The largest absolute Gasteiger partial charge is 0.336 e. The van der Waals surface area contributed by atoms with Gasteiger partial charge in [0.05, 0.1) is 12.4 Å². The second kappa shape index (κ2) is 5.06. The van der Waals surface area contributed by atoms with Gasteiger partial charge in [-0.15, -0.1) is 0 Å². The molecule has 1 aromatic rings. The zero-order valence-corrected chi connectivity index (χ0v) is 11.7. The van der Waals surface area contributed by atoms with E-state index in [1.807, 2.05) is 4.90 Å². The molecule has 3 heterocycles. The van der Waals surface area contributed by atoms with Crippen LogP contribution in [-0.2, 0) is 0 Å². The van der Waals surface area contributed by atoms with E-state index in [4.69, 9.17) is 11.6 Å². The second-order valence-corrected chi connectivity index (χ2v) is 5.70. The number of halogens is 1. The molecule has 3 rings (SSSR count). The van der Waals surface area contributed by atoms with Gasteiger partial charge in [-0.1, -0.05) is 11.6 Å². The van der Waals surface area contributed by atoms with Crippen molar-refractivity contribution >= 4 is 17.5 Å². The van der Waals surface area contributed by atoms with Gasteiger partial charge < -0.3 is 4.90 Å². The van der Waals surface area contributed by atoms with E-state index in [-0.39, 0.29) is 5.91 Å². The summed E-state index contributed by atoms with van der Waals surface area (Å²) >= 11 is 5.69. The van der Waals surface area contributed by atoms with Crippen LogP contribution in [0.25, 0.3) is 0 Å². The summed E-state index contributed by atoms with van der Waals surface area (Å²) in [6.07, 6.45) is 6.35. The predicted molar refractivity (Wildman–Crippen MR) is 72.1 cm³/mol. The van der Waals surface area contributed by atoms with Crippen molar-refractivity contribution in [1.82, 2.24) is 19.8 Å². The van der Waals surface area contributed by atoms with Crippen LogP contribution >= 0.6 is 11.6 Å². The Bertz CT molecular complexity index is 478. The van der Waals surface area contributed by atoms with Crippen LogP contribution in [0.4, 0.5) is 0 Å². The maximum Gasteiger partial charge on any atom is 0.274 e. The van der Waals surface area contributed by atoms with Crippen LogP contribution in [0.2, 0.25) is 5.15 Å². The molecule has 0 N–H and O–H groups in total. The first-order valence-corrected chi connectivity index (χ1v) is 7.01. The van der Waals surface area contributed by atoms with E-state index in [9.17, 15) is 4.79 Å². The summed E-state index contributed by atoms with van der Waals surface area (Å²) < 4.78 is 0. The minimum Gasteiger partial charge on any atom is -0.336 e. The van der Waals surface area contributed by atoms with Crippen LogP contribution in [0.15, 0.2) is 12.4 Å². The molecule has 2 bridgehead atoms. The number of rotatable bonds is 1. The van der Waals surface area contributed by atoms with Crippen LogP contribution in [0.3, 0.4) is 0 Å². The fourth-order valence-electron chi connectivity index (χ4n) is 3.08. The van der Waals surface area contributed by atoms with E-state index < -0.39 is 0 Å². The van der Waals surface area contributed by atoms with Gasteiger partial charge in [0.15, 0.2) is 0 Å². The zero-order chi connectivity index (χ0) is 13.4. The third-order valence-corrected chi connectivity index (χ3v) is 4.47. The Hall–Kier alpha value is -1.20. The average Bonchev–Trinajstić information content (AvgIpc) is 2.63. The van der Waals surface area contributed by atoms with E-state index in [1.54, 1.807) is 0 Å². The molecule has 2 unspecified atom stereocenters. The fourth-order valence-corrected chi connectivity index (χ4v) is 3.18. The van der Waals surface area contributed by atoms with Crippen molar-refractivity contribution in [2.75, 3.05) is 20.1 Å². The molecule has 5 nitrogen and oxygen atoms in total. The van der Waals surface area contributed by atoms with E-state index in [2.05, 4.69) is 21.9 Å². The minimum absolute atomic E-state index is 0.0369. The number of aromatic nitrogens is 2. The Morgan fingerprint density at radius 1 is 1.26 bits per heavy atom. The van der Waals surface area contributed by atoms with Gasteiger partial charge in [-0.3, -0.25) is 9.69 Å². The van der Waals surface area contributed by atoms with Crippen molar-refractivity contribution in [2.24, 2.45) is 0 Å². The molecule has 2 saturated heterocycles. The number of nitrogens with zero attached hydrogens (tertiary/aromatic N) is 4. The summed E-state index contributed by atoms with van der Waals surface area (Å²) in [4.78, 5) is 24.7.